The molecular weight excluding hydrogens is 280 g/mol. The van der Waals surface area contributed by atoms with E-state index in [0.717, 1.165) is 30.5 Å². The summed E-state index contributed by atoms with van der Waals surface area (Å²) >= 11 is 1.77. The number of carbonyl (C=O) groups is 1. The fourth-order valence-corrected chi connectivity index (χ4v) is 3.14. The van der Waals surface area contributed by atoms with Crippen LogP contribution in [0, 0.1) is 0 Å². The third-order valence-corrected chi connectivity index (χ3v) is 4.68. The van der Waals surface area contributed by atoms with E-state index in [2.05, 4.69) is 35.1 Å². The van der Waals surface area contributed by atoms with Crippen molar-refractivity contribution in [3.63, 3.8) is 0 Å². The van der Waals surface area contributed by atoms with Crippen LogP contribution in [0.1, 0.15) is 47.5 Å². The van der Waals surface area contributed by atoms with Crippen LogP contribution in [0.5, 0.6) is 0 Å². The first kappa shape index (κ1) is 14.1. The van der Waals surface area contributed by atoms with Crippen molar-refractivity contribution >= 4 is 22.9 Å². The average molecular weight is 300 g/mol. The van der Waals surface area contributed by atoms with Gasteiger partial charge in [0.1, 0.15) is 0 Å². The minimum absolute atomic E-state index is 0.0364. The SMILES string of the molecule is CCC(Nc1ccc(C(=O)NC2CC2)cc1)c1cccs1. The van der Waals surface area contributed by atoms with E-state index < -0.39 is 0 Å². The maximum absolute atomic E-state index is 11.9. The molecule has 1 aromatic carbocycles. The smallest absolute Gasteiger partial charge is 0.251 e. The Bertz CT molecular complexity index is 588. The molecule has 1 atom stereocenters. The van der Waals surface area contributed by atoms with Gasteiger partial charge in [-0.3, -0.25) is 4.79 Å². The molecule has 0 bridgehead atoms. The van der Waals surface area contributed by atoms with Crippen molar-refractivity contribution in [2.24, 2.45) is 0 Å². The quantitative estimate of drug-likeness (QED) is 0.839. The molecule has 0 saturated heterocycles. The van der Waals surface area contributed by atoms with Crippen LogP contribution in [0.15, 0.2) is 41.8 Å². The second-order valence-electron chi connectivity index (χ2n) is 5.45. The van der Waals surface area contributed by atoms with Crippen molar-refractivity contribution in [1.29, 1.82) is 0 Å². The number of hydrogen-bond acceptors (Lipinski definition) is 3. The number of nitrogens with one attached hydrogen (secondary N) is 2. The van der Waals surface area contributed by atoms with Gasteiger partial charge in [-0.1, -0.05) is 13.0 Å². The highest BCUT2D eigenvalue weighted by Gasteiger charge is 2.23. The van der Waals surface area contributed by atoms with Crippen LogP contribution >= 0.6 is 11.3 Å². The molecule has 2 N–H and O–H groups in total. The molecule has 0 aliphatic heterocycles. The summed E-state index contributed by atoms with van der Waals surface area (Å²) in [4.78, 5) is 13.3. The molecule has 3 nitrogen and oxygen atoms in total. The fraction of sp³-hybridized carbons (Fsp3) is 0.353. The van der Waals surface area contributed by atoms with Crippen LogP contribution in [0.2, 0.25) is 0 Å². The van der Waals surface area contributed by atoms with E-state index in [1.807, 2.05) is 24.3 Å². The highest BCUT2D eigenvalue weighted by molar-refractivity contribution is 7.10. The lowest BCUT2D eigenvalue weighted by Gasteiger charge is -2.17. The van der Waals surface area contributed by atoms with E-state index in [-0.39, 0.29) is 5.91 Å². The average Bonchev–Trinajstić information content (AvgIpc) is 3.15. The highest BCUT2D eigenvalue weighted by atomic mass is 32.1. The number of thiophene rings is 1. The Labute approximate surface area is 129 Å². The molecule has 110 valence electrons. The Balaban J connectivity index is 1.64. The van der Waals surface area contributed by atoms with Gasteiger partial charge in [0.05, 0.1) is 6.04 Å². The van der Waals surface area contributed by atoms with Gasteiger partial charge in [0, 0.05) is 22.2 Å². The summed E-state index contributed by atoms with van der Waals surface area (Å²) in [6.45, 7) is 2.18. The first-order valence-electron chi connectivity index (χ1n) is 7.47. The summed E-state index contributed by atoms with van der Waals surface area (Å²) in [5.74, 6) is 0.0364. The van der Waals surface area contributed by atoms with Gasteiger partial charge in [-0.25, -0.2) is 0 Å². The van der Waals surface area contributed by atoms with Gasteiger partial charge in [0.2, 0.25) is 0 Å². The molecule has 0 spiro atoms. The van der Waals surface area contributed by atoms with Crippen molar-refractivity contribution in [3.05, 3.63) is 52.2 Å². The van der Waals surface area contributed by atoms with E-state index in [4.69, 9.17) is 0 Å². The largest absolute Gasteiger partial charge is 0.377 e. The van der Waals surface area contributed by atoms with Crippen molar-refractivity contribution in [3.8, 4) is 0 Å². The molecule has 1 aliphatic rings. The highest BCUT2D eigenvalue weighted by Crippen LogP contribution is 2.26. The van der Waals surface area contributed by atoms with Crippen LogP contribution in [-0.4, -0.2) is 11.9 Å². The van der Waals surface area contributed by atoms with Gasteiger partial charge >= 0.3 is 0 Å². The molecule has 0 radical (unpaired) electrons. The van der Waals surface area contributed by atoms with Gasteiger partial charge in [-0.05, 0) is 55.0 Å². The lowest BCUT2D eigenvalue weighted by atomic mass is 10.1. The third kappa shape index (κ3) is 3.64. The zero-order valence-corrected chi connectivity index (χ0v) is 13.0. The van der Waals surface area contributed by atoms with Crippen LogP contribution in [0.3, 0.4) is 0 Å². The second-order valence-corrected chi connectivity index (χ2v) is 6.42. The molecule has 1 saturated carbocycles. The molecule has 1 fully saturated rings. The number of benzene rings is 1. The minimum atomic E-state index is 0.0364. The maximum atomic E-state index is 11.9. The molecule has 2 aromatic rings. The van der Waals surface area contributed by atoms with E-state index in [1.54, 1.807) is 11.3 Å². The van der Waals surface area contributed by atoms with Crippen molar-refractivity contribution in [2.75, 3.05) is 5.32 Å². The molecule has 4 heteroatoms. The second kappa shape index (κ2) is 6.31. The van der Waals surface area contributed by atoms with E-state index >= 15 is 0 Å². The molecule has 1 aromatic heterocycles. The summed E-state index contributed by atoms with van der Waals surface area (Å²) in [7, 11) is 0. The van der Waals surface area contributed by atoms with Crippen LogP contribution in [-0.2, 0) is 0 Å². The first-order chi connectivity index (χ1) is 10.3. The molecule has 3 rings (SSSR count). The molecule has 1 unspecified atom stereocenters. The Morgan fingerprint density at radius 2 is 2.05 bits per heavy atom. The van der Waals surface area contributed by atoms with Gasteiger partial charge in [-0.2, -0.15) is 0 Å². The number of carbonyl (C=O) groups excluding carboxylic acids is 1. The number of amides is 1. The zero-order valence-electron chi connectivity index (χ0n) is 12.1. The van der Waals surface area contributed by atoms with Gasteiger partial charge in [-0.15, -0.1) is 11.3 Å². The lowest BCUT2D eigenvalue weighted by molar-refractivity contribution is 0.0951. The summed E-state index contributed by atoms with van der Waals surface area (Å²) in [5.41, 5.74) is 1.79. The molecule has 1 amide bonds. The Morgan fingerprint density at radius 3 is 2.62 bits per heavy atom. The zero-order chi connectivity index (χ0) is 14.7. The minimum Gasteiger partial charge on any atom is -0.377 e. The molecule has 21 heavy (non-hydrogen) atoms. The van der Waals surface area contributed by atoms with E-state index in [9.17, 15) is 4.79 Å². The van der Waals surface area contributed by atoms with E-state index in [1.165, 1.54) is 4.88 Å². The standard InChI is InChI=1S/C17H20N2OS/c1-2-15(16-4-3-11-21-16)18-13-7-5-12(6-8-13)17(20)19-14-9-10-14/h3-8,11,14-15,18H,2,9-10H2,1H3,(H,19,20). The van der Waals surface area contributed by atoms with Crippen molar-refractivity contribution in [2.45, 2.75) is 38.3 Å². The van der Waals surface area contributed by atoms with Crippen LogP contribution < -0.4 is 10.6 Å². The summed E-state index contributed by atoms with van der Waals surface area (Å²) in [6, 6.07) is 12.7. The number of anilines is 1. The Morgan fingerprint density at radius 1 is 1.29 bits per heavy atom. The summed E-state index contributed by atoms with van der Waals surface area (Å²) < 4.78 is 0. The molecular formula is C17H20N2OS. The van der Waals surface area contributed by atoms with Crippen LogP contribution in [0.25, 0.3) is 0 Å². The topological polar surface area (TPSA) is 41.1 Å². The Hall–Kier alpha value is -1.81. The third-order valence-electron chi connectivity index (χ3n) is 3.70. The normalized spacial score (nSPS) is 15.5. The van der Waals surface area contributed by atoms with Crippen LogP contribution in [0.4, 0.5) is 5.69 Å². The molecule has 1 aliphatic carbocycles. The predicted molar refractivity (Wildman–Crippen MR) is 87.9 cm³/mol. The number of hydrogen-bond donors (Lipinski definition) is 2. The first-order valence-corrected chi connectivity index (χ1v) is 8.35. The summed E-state index contributed by atoms with van der Waals surface area (Å²) in [6.07, 6.45) is 3.26. The number of rotatable bonds is 6. The summed E-state index contributed by atoms with van der Waals surface area (Å²) in [5, 5.41) is 8.64. The van der Waals surface area contributed by atoms with Gasteiger partial charge < -0.3 is 10.6 Å². The Kier molecular flexibility index (Phi) is 4.25. The predicted octanol–water partition coefficient (Wildman–Crippen LogP) is 4.20. The van der Waals surface area contributed by atoms with Gasteiger partial charge in [0.25, 0.3) is 5.91 Å². The molecule has 1 heterocycles. The fourth-order valence-electron chi connectivity index (χ4n) is 2.28. The van der Waals surface area contributed by atoms with Crippen molar-refractivity contribution in [1.82, 2.24) is 5.32 Å². The monoisotopic (exact) mass is 300 g/mol. The lowest BCUT2D eigenvalue weighted by Crippen LogP contribution is -2.25. The van der Waals surface area contributed by atoms with Crippen molar-refractivity contribution < 1.29 is 4.79 Å². The van der Waals surface area contributed by atoms with E-state index in [0.29, 0.717) is 12.1 Å². The van der Waals surface area contributed by atoms with Gasteiger partial charge in [0.15, 0.2) is 0 Å². The maximum Gasteiger partial charge on any atom is 0.251 e.